The Morgan fingerprint density at radius 2 is 1.95 bits per heavy atom. The number of hydrogen-bond acceptors (Lipinski definition) is 5. The highest BCUT2D eigenvalue weighted by atomic mass is 79.9. The lowest BCUT2D eigenvalue weighted by Crippen LogP contribution is -2.42. The maximum absolute atomic E-state index is 5.57. The third kappa shape index (κ3) is 3.84. The van der Waals surface area contributed by atoms with Crippen molar-refractivity contribution in [3.05, 3.63) is 39.4 Å². The number of rotatable bonds is 4. The summed E-state index contributed by atoms with van der Waals surface area (Å²) in [7, 11) is 0. The van der Waals surface area contributed by atoms with Crippen molar-refractivity contribution in [1.82, 2.24) is 15.3 Å². The zero-order chi connectivity index (χ0) is 14.7. The molecule has 1 saturated heterocycles. The molecule has 3 rings (SSSR count). The number of nitrogens with zero attached hydrogens (tertiary/aromatic N) is 3. The summed E-state index contributed by atoms with van der Waals surface area (Å²) in [6.45, 7) is 2.71. The first-order valence-corrected chi connectivity index (χ1v) is 8.50. The molecule has 0 spiro atoms. The summed E-state index contributed by atoms with van der Waals surface area (Å²) in [5, 5.41) is 3.55. The third-order valence-corrected chi connectivity index (χ3v) is 5.30. The van der Waals surface area contributed by atoms with Crippen molar-refractivity contribution < 1.29 is 4.42 Å². The Labute approximate surface area is 140 Å². The molecule has 2 aromatic heterocycles. The summed E-state index contributed by atoms with van der Waals surface area (Å²) in [6.07, 6.45) is 5.75. The van der Waals surface area contributed by atoms with Crippen LogP contribution in [0.5, 0.6) is 0 Å². The van der Waals surface area contributed by atoms with Crippen LogP contribution in [0.2, 0.25) is 0 Å². The van der Waals surface area contributed by atoms with Crippen LogP contribution in [0, 0.1) is 0 Å². The second-order valence-corrected chi connectivity index (χ2v) is 6.60. The lowest BCUT2D eigenvalue weighted by molar-refractivity contribution is 0.383. The summed E-state index contributed by atoms with van der Waals surface area (Å²) in [6, 6.07) is 4.34. The molecule has 0 unspecified atom stereocenters. The molecule has 1 N–H and O–H groups in total. The van der Waals surface area contributed by atoms with E-state index in [2.05, 4.69) is 52.0 Å². The van der Waals surface area contributed by atoms with Crippen molar-refractivity contribution >= 4 is 37.8 Å². The number of anilines is 1. The zero-order valence-corrected chi connectivity index (χ0v) is 14.6. The van der Waals surface area contributed by atoms with Gasteiger partial charge in [-0.25, -0.2) is 9.97 Å². The average molecular weight is 416 g/mol. The molecule has 112 valence electrons. The monoisotopic (exact) mass is 414 g/mol. The average Bonchev–Trinajstić information content (AvgIpc) is 2.85. The first kappa shape index (κ1) is 15.0. The maximum atomic E-state index is 5.57. The van der Waals surface area contributed by atoms with Gasteiger partial charge in [-0.1, -0.05) is 0 Å². The van der Waals surface area contributed by atoms with Crippen molar-refractivity contribution in [1.29, 1.82) is 0 Å². The smallest absolute Gasteiger partial charge is 0.225 e. The van der Waals surface area contributed by atoms with Gasteiger partial charge in [-0.2, -0.15) is 0 Å². The molecule has 3 heterocycles. The van der Waals surface area contributed by atoms with Gasteiger partial charge in [-0.3, -0.25) is 0 Å². The molecule has 0 aromatic carbocycles. The molecular formula is C14H16Br2N4O. The number of hydrogen-bond donors (Lipinski definition) is 1. The predicted molar refractivity (Wildman–Crippen MR) is 88.2 cm³/mol. The molecule has 7 heteroatoms. The second kappa shape index (κ2) is 6.89. The van der Waals surface area contributed by atoms with Crippen LogP contribution in [0.3, 0.4) is 0 Å². The van der Waals surface area contributed by atoms with Gasteiger partial charge in [0.1, 0.15) is 5.76 Å². The number of aromatic nitrogens is 2. The molecule has 0 saturated carbocycles. The van der Waals surface area contributed by atoms with Crippen molar-refractivity contribution in [2.75, 3.05) is 18.0 Å². The fourth-order valence-corrected chi connectivity index (χ4v) is 3.12. The highest BCUT2D eigenvalue weighted by molar-refractivity contribution is 9.13. The van der Waals surface area contributed by atoms with E-state index in [9.17, 15) is 0 Å². The second-order valence-electron chi connectivity index (χ2n) is 5.03. The predicted octanol–water partition coefficient (Wildman–Crippen LogP) is 3.35. The summed E-state index contributed by atoms with van der Waals surface area (Å²) in [5.41, 5.74) is 0. The summed E-state index contributed by atoms with van der Waals surface area (Å²) >= 11 is 6.78. The van der Waals surface area contributed by atoms with Gasteiger partial charge < -0.3 is 14.6 Å². The lowest BCUT2D eigenvalue weighted by atomic mass is 10.1. The Bertz CT molecular complexity index is 562. The van der Waals surface area contributed by atoms with Gasteiger partial charge in [0.15, 0.2) is 4.67 Å². The van der Waals surface area contributed by atoms with Crippen molar-refractivity contribution in [3.63, 3.8) is 0 Å². The zero-order valence-electron chi connectivity index (χ0n) is 11.4. The van der Waals surface area contributed by atoms with E-state index in [4.69, 9.17) is 4.42 Å². The molecule has 0 bridgehead atoms. The topological polar surface area (TPSA) is 54.2 Å². The summed E-state index contributed by atoms with van der Waals surface area (Å²) in [4.78, 5) is 10.8. The summed E-state index contributed by atoms with van der Waals surface area (Å²) < 4.78 is 7.27. The van der Waals surface area contributed by atoms with E-state index >= 15 is 0 Å². The number of nitrogens with one attached hydrogen (secondary N) is 1. The Hall–Kier alpha value is -0.920. The lowest BCUT2D eigenvalue weighted by Gasteiger charge is -2.32. The molecule has 1 fully saturated rings. The number of furan rings is 1. The molecule has 21 heavy (non-hydrogen) atoms. The maximum Gasteiger partial charge on any atom is 0.225 e. The van der Waals surface area contributed by atoms with E-state index in [-0.39, 0.29) is 0 Å². The van der Waals surface area contributed by atoms with Crippen LogP contribution < -0.4 is 10.2 Å². The van der Waals surface area contributed by atoms with Crippen molar-refractivity contribution in [2.45, 2.75) is 25.4 Å². The number of halogens is 2. The third-order valence-electron chi connectivity index (χ3n) is 3.59. The van der Waals surface area contributed by atoms with Gasteiger partial charge in [-0.15, -0.1) is 0 Å². The van der Waals surface area contributed by atoms with Crippen LogP contribution in [0.1, 0.15) is 18.6 Å². The van der Waals surface area contributed by atoms with Crippen LogP contribution >= 0.6 is 31.9 Å². The normalized spacial score (nSPS) is 16.4. The molecule has 0 amide bonds. The molecular weight excluding hydrogens is 400 g/mol. The molecule has 0 aliphatic carbocycles. The molecule has 5 nitrogen and oxygen atoms in total. The molecule has 0 radical (unpaired) electrons. The first-order valence-electron chi connectivity index (χ1n) is 6.91. The number of piperidine rings is 1. The van der Waals surface area contributed by atoms with E-state index in [0.29, 0.717) is 6.04 Å². The van der Waals surface area contributed by atoms with E-state index in [1.54, 1.807) is 12.4 Å². The SMILES string of the molecule is Brc1cc(CNC2CCN(c3ncccn3)CC2)oc1Br. The Morgan fingerprint density at radius 3 is 2.57 bits per heavy atom. The van der Waals surface area contributed by atoms with E-state index in [0.717, 1.165) is 53.3 Å². The van der Waals surface area contributed by atoms with E-state index in [1.807, 2.05) is 12.1 Å². The minimum atomic E-state index is 0.507. The van der Waals surface area contributed by atoms with Gasteiger partial charge in [-0.05, 0) is 56.8 Å². The molecule has 0 atom stereocenters. The van der Waals surface area contributed by atoms with Crippen molar-refractivity contribution in [2.24, 2.45) is 0 Å². The van der Waals surface area contributed by atoms with Crippen LogP contribution in [0.15, 0.2) is 38.1 Å². The Balaban J connectivity index is 1.48. The summed E-state index contributed by atoms with van der Waals surface area (Å²) in [5.74, 6) is 1.76. The van der Waals surface area contributed by atoms with Gasteiger partial charge in [0, 0.05) is 31.5 Å². The minimum Gasteiger partial charge on any atom is -0.452 e. The fraction of sp³-hybridized carbons (Fsp3) is 0.429. The van der Waals surface area contributed by atoms with Gasteiger partial charge in [0.25, 0.3) is 0 Å². The molecule has 2 aromatic rings. The van der Waals surface area contributed by atoms with Gasteiger partial charge in [0.05, 0.1) is 11.0 Å². The van der Waals surface area contributed by atoms with Crippen LogP contribution in [-0.4, -0.2) is 29.1 Å². The quantitative estimate of drug-likeness (QED) is 0.829. The fourth-order valence-electron chi connectivity index (χ4n) is 2.46. The minimum absolute atomic E-state index is 0.507. The van der Waals surface area contributed by atoms with Crippen LogP contribution in [0.4, 0.5) is 5.95 Å². The Morgan fingerprint density at radius 1 is 1.24 bits per heavy atom. The van der Waals surface area contributed by atoms with E-state index < -0.39 is 0 Å². The van der Waals surface area contributed by atoms with Gasteiger partial charge >= 0.3 is 0 Å². The van der Waals surface area contributed by atoms with Gasteiger partial charge in [0.2, 0.25) is 5.95 Å². The first-order chi connectivity index (χ1) is 10.2. The van der Waals surface area contributed by atoms with E-state index in [1.165, 1.54) is 0 Å². The highest BCUT2D eigenvalue weighted by Gasteiger charge is 2.20. The molecule has 1 aliphatic heterocycles. The standard InChI is InChI=1S/C14H16Br2N4O/c15-12-8-11(21-13(12)16)9-19-10-2-6-20(7-3-10)14-17-4-1-5-18-14/h1,4-5,8,10,19H,2-3,6-7,9H2. The largest absolute Gasteiger partial charge is 0.452 e. The molecule has 1 aliphatic rings. The van der Waals surface area contributed by atoms with Crippen LogP contribution in [0.25, 0.3) is 0 Å². The highest BCUT2D eigenvalue weighted by Crippen LogP contribution is 2.26. The van der Waals surface area contributed by atoms with Crippen molar-refractivity contribution in [3.8, 4) is 0 Å². The Kier molecular flexibility index (Phi) is 4.92. The van der Waals surface area contributed by atoms with Crippen LogP contribution in [-0.2, 0) is 6.54 Å².